The molecule has 0 aliphatic carbocycles. The highest BCUT2D eigenvalue weighted by molar-refractivity contribution is 5.80. The highest BCUT2D eigenvalue weighted by Gasteiger charge is 2.26. The molecule has 2 aliphatic heterocycles. The fourth-order valence-electron chi connectivity index (χ4n) is 3.67. The van der Waals surface area contributed by atoms with Crippen molar-refractivity contribution in [1.82, 2.24) is 20.4 Å². The molecule has 0 radical (unpaired) electrons. The van der Waals surface area contributed by atoms with Crippen molar-refractivity contribution in [2.24, 2.45) is 10.9 Å². The van der Waals surface area contributed by atoms with Gasteiger partial charge in [-0.1, -0.05) is 6.92 Å². The number of likely N-dealkylation sites (tertiary alicyclic amines) is 2. The van der Waals surface area contributed by atoms with Gasteiger partial charge in [-0.2, -0.15) is 0 Å². The Bertz CT molecular complexity index is 449. The molecule has 1 unspecified atom stereocenters. The Morgan fingerprint density at radius 3 is 2.62 bits per heavy atom. The van der Waals surface area contributed by atoms with Gasteiger partial charge in [-0.15, -0.1) is 0 Å². The maximum atomic E-state index is 11.8. The van der Waals surface area contributed by atoms with Crippen molar-refractivity contribution in [3.8, 4) is 0 Å². The van der Waals surface area contributed by atoms with Crippen LogP contribution in [0.4, 0.5) is 0 Å². The summed E-state index contributed by atoms with van der Waals surface area (Å²) in [6.07, 6.45) is 3.99. The first kappa shape index (κ1) is 21.0. The third-order valence-corrected chi connectivity index (χ3v) is 5.35. The number of nitrogens with one attached hydrogen (secondary N) is 2. The third-order valence-electron chi connectivity index (χ3n) is 5.35. The summed E-state index contributed by atoms with van der Waals surface area (Å²) in [6, 6.07) is 0.305. The molecule has 2 saturated heterocycles. The van der Waals surface area contributed by atoms with Crippen LogP contribution in [0.1, 0.15) is 39.5 Å². The molecule has 0 spiro atoms. The second-order valence-electron chi connectivity index (χ2n) is 7.32. The Morgan fingerprint density at radius 2 is 1.96 bits per heavy atom. The van der Waals surface area contributed by atoms with E-state index in [-0.39, 0.29) is 5.91 Å². The van der Waals surface area contributed by atoms with Gasteiger partial charge in [0, 0.05) is 52.3 Å². The second-order valence-corrected chi connectivity index (χ2v) is 7.32. The predicted octanol–water partition coefficient (Wildman–Crippen LogP) is 0.911. The summed E-state index contributed by atoms with van der Waals surface area (Å²) in [7, 11) is 1.76. The van der Waals surface area contributed by atoms with E-state index < -0.39 is 0 Å². The Morgan fingerprint density at radius 1 is 1.19 bits per heavy atom. The molecule has 150 valence electrons. The molecule has 2 rings (SSSR count). The van der Waals surface area contributed by atoms with Gasteiger partial charge in [-0.25, -0.2) is 0 Å². The Hall–Kier alpha value is -1.34. The van der Waals surface area contributed by atoms with E-state index >= 15 is 0 Å². The molecule has 1 atom stereocenters. The molecule has 2 fully saturated rings. The highest BCUT2D eigenvalue weighted by Crippen LogP contribution is 2.17. The van der Waals surface area contributed by atoms with Crippen LogP contribution in [-0.2, 0) is 9.53 Å². The molecule has 2 N–H and O–H groups in total. The van der Waals surface area contributed by atoms with E-state index in [1.807, 2.05) is 11.8 Å². The van der Waals surface area contributed by atoms with Crippen LogP contribution < -0.4 is 10.6 Å². The average Bonchev–Trinajstić information content (AvgIpc) is 3.13. The lowest BCUT2D eigenvalue weighted by Crippen LogP contribution is -2.45. The van der Waals surface area contributed by atoms with Crippen molar-refractivity contribution in [2.45, 2.75) is 45.6 Å². The average molecular weight is 368 g/mol. The van der Waals surface area contributed by atoms with E-state index in [2.05, 4.69) is 22.5 Å². The number of guanidine groups is 1. The first-order valence-corrected chi connectivity index (χ1v) is 10.2. The van der Waals surface area contributed by atoms with Crippen molar-refractivity contribution < 1.29 is 9.53 Å². The van der Waals surface area contributed by atoms with Gasteiger partial charge in [0.15, 0.2) is 5.96 Å². The molecule has 7 heteroatoms. The van der Waals surface area contributed by atoms with E-state index in [4.69, 9.17) is 9.73 Å². The number of hydrogen-bond donors (Lipinski definition) is 2. The van der Waals surface area contributed by atoms with Crippen molar-refractivity contribution in [1.29, 1.82) is 0 Å². The normalized spacial score (nSPS) is 22.7. The van der Waals surface area contributed by atoms with Crippen LogP contribution in [0.25, 0.3) is 0 Å². The largest absolute Gasteiger partial charge is 0.383 e. The number of methoxy groups -OCH3 is 1. The fourth-order valence-corrected chi connectivity index (χ4v) is 3.67. The zero-order valence-electron chi connectivity index (χ0n) is 16.8. The molecule has 0 bridgehead atoms. The molecule has 0 aromatic carbocycles. The molecule has 1 amide bonds. The SMILES string of the molecule is CCNC(=NCC1CCN(CCOC)CC1)NC1CCN(C(=O)CC)C1. The van der Waals surface area contributed by atoms with Crippen LogP contribution in [0.3, 0.4) is 0 Å². The number of amides is 1. The molecule has 2 heterocycles. The van der Waals surface area contributed by atoms with E-state index in [9.17, 15) is 4.79 Å². The quantitative estimate of drug-likeness (QED) is 0.493. The van der Waals surface area contributed by atoms with Crippen molar-refractivity contribution in [2.75, 3.05) is 59.5 Å². The molecule has 7 nitrogen and oxygen atoms in total. The minimum Gasteiger partial charge on any atom is -0.383 e. The summed E-state index contributed by atoms with van der Waals surface area (Å²) in [6.45, 7) is 11.5. The number of aliphatic imine (C=N–C) groups is 1. The Kier molecular flexibility index (Phi) is 9.18. The molecule has 26 heavy (non-hydrogen) atoms. The Balaban J connectivity index is 1.76. The summed E-state index contributed by atoms with van der Waals surface area (Å²) in [5.41, 5.74) is 0. The van der Waals surface area contributed by atoms with Crippen molar-refractivity contribution in [3.05, 3.63) is 0 Å². The van der Waals surface area contributed by atoms with Crippen LogP contribution in [0.2, 0.25) is 0 Å². The topological polar surface area (TPSA) is 69.2 Å². The summed E-state index contributed by atoms with van der Waals surface area (Å²) in [4.78, 5) is 21.1. The van der Waals surface area contributed by atoms with Crippen LogP contribution in [0.5, 0.6) is 0 Å². The van der Waals surface area contributed by atoms with E-state index in [0.29, 0.717) is 18.4 Å². The van der Waals surface area contributed by atoms with Gasteiger partial charge in [0.2, 0.25) is 5.91 Å². The van der Waals surface area contributed by atoms with Crippen LogP contribution in [0, 0.1) is 5.92 Å². The zero-order valence-corrected chi connectivity index (χ0v) is 16.8. The second kappa shape index (κ2) is 11.4. The van der Waals surface area contributed by atoms with Crippen molar-refractivity contribution >= 4 is 11.9 Å². The number of piperidine rings is 1. The lowest BCUT2D eigenvalue weighted by molar-refractivity contribution is -0.129. The van der Waals surface area contributed by atoms with Gasteiger partial charge in [0.05, 0.1) is 6.61 Å². The van der Waals surface area contributed by atoms with Crippen LogP contribution in [-0.4, -0.2) is 87.2 Å². The summed E-state index contributed by atoms with van der Waals surface area (Å²) in [5, 5.41) is 6.87. The maximum Gasteiger partial charge on any atom is 0.222 e. The molecule has 0 aromatic rings. The number of rotatable bonds is 8. The summed E-state index contributed by atoms with van der Waals surface area (Å²) in [5.74, 6) is 1.80. The molecule has 0 aromatic heterocycles. The van der Waals surface area contributed by atoms with Gasteiger partial charge in [0.1, 0.15) is 0 Å². The standard InChI is InChI=1S/C19H37N5O2/c1-4-18(25)24-11-8-17(15-24)22-19(20-5-2)21-14-16-6-9-23(10-7-16)12-13-26-3/h16-17H,4-15H2,1-3H3,(H2,20,21,22). The van der Waals surface area contributed by atoms with Gasteiger partial charge in [0.25, 0.3) is 0 Å². The minimum absolute atomic E-state index is 0.247. The van der Waals surface area contributed by atoms with Gasteiger partial charge in [-0.05, 0) is 45.2 Å². The van der Waals surface area contributed by atoms with E-state index in [0.717, 1.165) is 64.8 Å². The zero-order chi connectivity index (χ0) is 18.8. The predicted molar refractivity (Wildman–Crippen MR) is 105 cm³/mol. The van der Waals surface area contributed by atoms with Gasteiger partial charge < -0.3 is 25.2 Å². The third kappa shape index (κ3) is 6.76. The van der Waals surface area contributed by atoms with Crippen LogP contribution >= 0.6 is 0 Å². The smallest absolute Gasteiger partial charge is 0.222 e. The molecular weight excluding hydrogens is 330 g/mol. The molecule has 2 aliphatic rings. The highest BCUT2D eigenvalue weighted by atomic mass is 16.5. The lowest BCUT2D eigenvalue weighted by atomic mass is 9.97. The van der Waals surface area contributed by atoms with E-state index in [1.165, 1.54) is 12.8 Å². The van der Waals surface area contributed by atoms with Crippen molar-refractivity contribution in [3.63, 3.8) is 0 Å². The Labute approximate surface area is 158 Å². The first-order chi connectivity index (χ1) is 12.7. The maximum absolute atomic E-state index is 11.8. The number of nitrogens with zero attached hydrogens (tertiary/aromatic N) is 3. The molecule has 0 saturated carbocycles. The number of hydrogen-bond acceptors (Lipinski definition) is 4. The number of carbonyl (C=O) groups excluding carboxylic acids is 1. The first-order valence-electron chi connectivity index (χ1n) is 10.2. The fraction of sp³-hybridized carbons (Fsp3) is 0.895. The number of carbonyl (C=O) groups is 1. The lowest BCUT2D eigenvalue weighted by Gasteiger charge is -2.31. The number of ether oxygens (including phenoxy) is 1. The van der Waals surface area contributed by atoms with Gasteiger partial charge in [-0.3, -0.25) is 9.79 Å². The molecular formula is C19H37N5O2. The monoisotopic (exact) mass is 367 g/mol. The minimum atomic E-state index is 0.247. The van der Waals surface area contributed by atoms with E-state index in [1.54, 1.807) is 7.11 Å². The summed E-state index contributed by atoms with van der Waals surface area (Å²) >= 11 is 0. The van der Waals surface area contributed by atoms with Crippen LogP contribution in [0.15, 0.2) is 4.99 Å². The summed E-state index contributed by atoms with van der Waals surface area (Å²) < 4.78 is 5.17. The van der Waals surface area contributed by atoms with Gasteiger partial charge >= 0.3 is 0 Å².